The van der Waals surface area contributed by atoms with E-state index in [1.54, 1.807) is 42.5 Å². The third kappa shape index (κ3) is 8.97. The van der Waals surface area contributed by atoms with Gasteiger partial charge in [0, 0.05) is 65.7 Å². The highest BCUT2D eigenvalue weighted by molar-refractivity contribution is 5.95. The number of H-pyrrole nitrogens is 3. The number of oxazole rings is 1. The second-order valence-electron chi connectivity index (χ2n) is 15.6. The van der Waals surface area contributed by atoms with E-state index in [1.165, 1.54) is 12.7 Å². The minimum absolute atomic E-state index is 0.288. The topological polar surface area (TPSA) is 262 Å². The Hall–Kier alpha value is -8.86. The number of hydrogen-bond donors (Lipinski definition) is 6. The van der Waals surface area contributed by atoms with Gasteiger partial charge in [-0.15, -0.1) is 0 Å². The highest BCUT2D eigenvalue weighted by atomic mass is 16.5. The van der Waals surface area contributed by atoms with Crippen LogP contribution in [-0.4, -0.2) is 87.5 Å². The van der Waals surface area contributed by atoms with Crippen molar-refractivity contribution >= 4 is 73.0 Å². The Morgan fingerprint density at radius 1 is 0.642 bits per heavy atom. The number of nitrogens with one attached hydrogen (secondary N) is 5. The maximum Gasteiger partial charge on any atom is 0.417 e. The van der Waals surface area contributed by atoms with Crippen molar-refractivity contribution in [2.24, 2.45) is 0 Å². The first-order valence-electron chi connectivity index (χ1n) is 21.4. The number of ether oxygens (including phenoxy) is 2. The van der Waals surface area contributed by atoms with E-state index in [-0.39, 0.29) is 11.1 Å². The predicted molar refractivity (Wildman–Crippen MR) is 256 cm³/mol. The van der Waals surface area contributed by atoms with Crippen molar-refractivity contribution in [3.63, 3.8) is 0 Å². The molecule has 0 bridgehead atoms. The summed E-state index contributed by atoms with van der Waals surface area (Å²) in [4.78, 5) is 67.2. The van der Waals surface area contributed by atoms with E-state index in [2.05, 4.69) is 51.4 Å². The Bertz CT molecular complexity index is 3500. The first-order chi connectivity index (χ1) is 32.8. The molecular weight excluding hydrogens is 855 g/mol. The summed E-state index contributed by atoms with van der Waals surface area (Å²) >= 11 is 0. The zero-order chi connectivity index (χ0) is 45.9. The van der Waals surface area contributed by atoms with Gasteiger partial charge >= 0.3 is 5.76 Å². The number of morpholine rings is 2. The Labute approximate surface area is 379 Å². The fraction of sp³-hybridized carbons (Fsp3) is 0.167. The summed E-state index contributed by atoms with van der Waals surface area (Å²) in [5.41, 5.74) is 14.8. The van der Waals surface area contributed by atoms with Gasteiger partial charge in [0.15, 0.2) is 5.58 Å². The van der Waals surface area contributed by atoms with Gasteiger partial charge in [-0.3, -0.25) is 14.6 Å². The van der Waals surface area contributed by atoms with Crippen LogP contribution in [0.25, 0.3) is 55.4 Å². The lowest BCUT2D eigenvalue weighted by molar-refractivity contribution is 0.122. The maximum absolute atomic E-state index is 12.6. The monoisotopic (exact) mass is 895 g/mol. The number of rotatable bonds is 8. The number of aromatic amines is 3. The van der Waals surface area contributed by atoms with Gasteiger partial charge in [-0.25, -0.2) is 24.7 Å². The molecule has 2 aliphatic rings. The van der Waals surface area contributed by atoms with Crippen molar-refractivity contribution in [2.45, 2.75) is 0 Å². The van der Waals surface area contributed by atoms with E-state index in [1.807, 2.05) is 54.6 Å². The van der Waals surface area contributed by atoms with Crippen molar-refractivity contribution in [1.82, 2.24) is 34.9 Å². The van der Waals surface area contributed by atoms with Crippen LogP contribution in [0.2, 0.25) is 0 Å². The molecule has 0 radical (unpaired) electrons. The summed E-state index contributed by atoms with van der Waals surface area (Å²) in [5.74, 6) is 0.242. The van der Waals surface area contributed by atoms with Gasteiger partial charge in [-0.2, -0.15) is 5.26 Å². The zero-order valence-electron chi connectivity index (χ0n) is 35.7. The van der Waals surface area contributed by atoms with Crippen molar-refractivity contribution in [1.29, 1.82) is 5.26 Å². The number of aromatic nitrogens is 7. The molecule has 67 heavy (non-hydrogen) atoms. The van der Waals surface area contributed by atoms with Crippen molar-refractivity contribution in [2.75, 3.05) is 78.8 Å². The third-order valence-electron chi connectivity index (χ3n) is 11.4. The van der Waals surface area contributed by atoms with E-state index >= 15 is 0 Å². The van der Waals surface area contributed by atoms with Crippen LogP contribution >= 0.6 is 0 Å². The molecule has 7 heterocycles. The highest BCUT2D eigenvalue weighted by Crippen LogP contribution is 2.32. The molecule has 11 rings (SSSR count). The first kappa shape index (κ1) is 42.1. The molecule has 19 heteroatoms. The number of benzene rings is 4. The van der Waals surface area contributed by atoms with Gasteiger partial charge in [-0.05, 0) is 91.0 Å². The van der Waals surface area contributed by atoms with E-state index in [0.717, 1.165) is 80.9 Å². The molecule has 0 spiro atoms. The molecule has 7 N–H and O–H groups in total. The Balaban J connectivity index is 0.000000157. The molecule has 0 amide bonds. The SMILES string of the molecule is N#Cc1ccc(-c2cc3nc[nH]c(=O)c3c(Nc3ccc(N4CCOCC4)cc3)n2)c(N)c1.O=c1[nH]c2ccc(-c3cc4nc[nH]c(=O)c4c(Nc4ccc(N5CCOCC5)cc4)n3)cc2o1. The Morgan fingerprint density at radius 2 is 1.18 bits per heavy atom. The number of nitriles is 1. The smallest absolute Gasteiger partial charge is 0.408 e. The molecule has 0 saturated carbocycles. The molecule has 334 valence electrons. The average molecular weight is 896 g/mol. The van der Waals surface area contributed by atoms with Gasteiger partial charge in [0.1, 0.15) is 22.4 Å². The summed E-state index contributed by atoms with van der Waals surface area (Å²) in [6, 6.07) is 31.8. The highest BCUT2D eigenvalue weighted by Gasteiger charge is 2.18. The first-order valence-corrected chi connectivity index (χ1v) is 21.4. The fourth-order valence-electron chi connectivity index (χ4n) is 8.04. The normalized spacial score (nSPS) is 13.8. The molecule has 2 aliphatic heterocycles. The molecule has 0 unspecified atom stereocenters. The number of nitrogens with two attached hydrogens (primary N) is 1. The molecule has 19 nitrogen and oxygen atoms in total. The Kier molecular flexibility index (Phi) is 11.5. The van der Waals surface area contributed by atoms with E-state index in [0.29, 0.717) is 72.7 Å². The summed E-state index contributed by atoms with van der Waals surface area (Å²) < 4.78 is 16.0. The van der Waals surface area contributed by atoms with E-state index < -0.39 is 5.76 Å². The lowest BCUT2D eigenvalue weighted by atomic mass is 10.1. The van der Waals surface area contributed by atoms with Crippen LogP contribution in [0.1, 0.15) is 5.56 Å². The average Bonchev–Trinajstić information content (AvgIpc) is 3.74. The standard InChI is InChI=1S/C24H21N7O2.C24H20N6O4/c25-13-15-1-6-18(19(26)11-15)20-12-21-22(24(32)28-14-27-21)23(30-20)29-16-2-4-17(5-3-16)31-7-9-33-10-8-31;31-23-21-19(25-13-26-23)12-18(14-1-6-17-20(11-14)34-24(32)29-17)28-22(21)27-15-2-4-16(5-3-15)30-7-9-33-10-8-30/h1-6,11-12,14H,7-10,26H2,(H,29,30)(H,27,28,32);1-6,11-13H,7-10H2,(H,27,28)(H,29,32)(H,25,26,31). The Morgan fingerprint density at radius 3 is 1.72 bits per heavy atom. The fourth-order valence-corrected chi connectivity index (χ4v) is 8.04. The quantitative estimate of drug-likeness (QED) is 0.0953. The molecule has 0 aliphatic carbocycles. The molecule has 9 aromatic rings. The van der Waals surface area contributed by atoms with Gasteiger partial charge in [-0.1, -0.05) is 6.07 Å². The van der Waals surface area contributed by atoms with E-state index in [9.17, 15) is 14.4 Å². The van der Waals surface area contributed by atoms with Gasteiger partial charge in [0.25, 0.3) is 11.1 Å². The van der Waals surface area contributed by atoms with Crippen molar-refractivity contribution in [3.05, 3.63) is 147 Å². The number of anilines is 7. The minimum atomic E-state index is -0.519. The van der Waals surface area contributed by atoms with Crippen LogP contribution in [0.5, 0.6) is 0 Å². The maximum atomic E-state index is 12.6. The van der Waals surface area contributed by atoms with Gasteiger partial charge in [0.2, 0.25) is 0 Å². The molecule has 2 saturated heterocycles. The third-order valence-corrected chi connectivity index (χ3v) is 11.4. The zero-order valence-corrected chi connectivity index (χ0v) is 35.7. The second kappa shape index (κ2) is 18.3. The molecule has 0 atom stereocenters. The van der Waals surface area contributed by atoms with E-state index in [4.69, 9.17) is 34.9 Å². The predicted octanol–water partition coefficient (Wildman–Crippen LogP) is 6.02. The summed E-state index contributed by atoms with van der Waals surface area (Å²) in [7, 11) is 0. The lowest BCUT2D eigenvalue weighted by Gasteiger charge is -2.28. The van der Waals surface area contributed by atoms with Gasteiger partial charge < -0.3 is 50.0 Å². The van der Waals surface area contributed by atoms with Crippen LogP contribution in [0.15, 0.2) is 129 Å². The van der Waals surface area contributed by atoms with Crippen molar-refractivity contribution < 1.29 is 13.9 Å². The number of pyridine rings is 2. The van der Waals surface area contributed by atoms with Crippen molar-refractivity contribution in [3.8, 4) is 28.6 Å². The van der Waals surface area contributed by atoms with Crippen LogP contribution in [-0.2, 0) is 9.47 Å². The summed E-state index contributed by atoms with van der Waals surface area (Å²) in [5, 5.41) is 16.4. The molecule has 5 aromatic heterocycles. The molecule has 4 aromatic carbocycles. The van der Waals surface area contributed by atoms with Crippen LogP contribution in [0, 0.1) is 11.3 Å². The summed E-state index contributed by atoms with van der Waals surface area (Å²) in [6.07, 6.45) is 2.72. The summed E-state index contributed by atoms with van der Waals surface area (Å²) in [6.45, 7) is 6.30. The molecule has 2 fully saturated rings. The van der Waals surface area contributed by atoms with Crippen LogP contribution < -0.4 is 43.0 Å². The largest absolute Gasteiger partial charge is 0.417 e. The van der Waals surface area contributed by atoms with Crippen LogP contribution in [0.3, 0.4) is 0 Å². The molecular formula is C48H41N13O6. The minimum Gasteiger partial charge on any atom is -0.408 e. The van der Waals surface area contributed by atoms with Crippen LogP contribution in [0.4, 0.5) is 40.1 Å². The number of nitrogen functional groups attached to an aromatic ring is 1. The number of fused-ring (bicyclic) bond motifs is 3. The second-order valence-corrected chi connectivity index (χ2v) is 15.6. The van der Waals surface area contributed by atoms with Gasteiger partial charge in [0.05, 0.1) is 78.7 Å². The number of nitrogens with zero attached hydrogens (tertiary/aromatic N) is 7. The number of hydrogen-bond acceptors (Lipinski definition) is 16. The lowest BCUT2D eigenvalue weighted by Crippen LogP contribution is -2.36.